The number of hydrogen-bond donors (Lipinski definition) is 0. The highest BCUT2D eigenvalue weighted by Crippen LogP contribution is 2.40. The highest BCUT2D eigenvalue weighted by Gasteiger charge is 2.30. The Hall–Kier alpha value is -0.920. The van der Waals surface area contributed by atoms with Gasteiger partial charge in [-0.1, -0.05) is 32.6 Å². The van der Waals surface area contributed by atoms with Gasteiger partial charge in [0.15, 0.2) is 11.6 Å². The van der Waals surface area contributed by atoms with Gasteiger partial charge in [-0.25, -0.2) is 8.78 Å². The molecule has 1 aromatic rings. The van der Waals surface area contributed by atoms with Gasteiger partial charge in [-0.2, -0.15) is 0 Å². The molecule has 0 saturated heterocycles. The molecular formula is C19H26F2. The van der Waals surface area contributed by atoms with Gasteiger partial charge in [0.1, 0.15) is 0 Å². The molecule has 2 heteroatoms. The highest BCUT2D eigenvalue weighted by molar-refractivity contribution is 5.31. The lowest BCUT2D eigenvalue weighted by molar-refractivity contribution is 0.184. The lowest BCUT2D eigenvalue weighted by Gasteiger charge is -2.36. The average molecular weight is 292 g/mol. The zero-order valence-corrected chi connectivity index (χ0v) is 13.0. The largest absolute Gasteiger partial charge is 0.204 e. The van der Waals surface area contributed by atoms with Crippen molar-refractivity contribution in [3.05, 3.63) is 34.9 Å². The molecule has 0 aromatic heterocycles. The molecule has 0 aliphatic heterocycles. The smallest absolute Gasteiger partial charge is 0.159 e. The Bertz CT molecular complexity index is 487. The first-order valence-electron chi connectivity index (χ1n) is 8.64. The summed E-state index contributed by atoms with van der Waals surface area (Å²) in [7, 11) is 0. The molecule has 1 saturated carbocycles. The van der Waals surface area contributed by atoms with E-state index in [0.717, 1.165) is 42.2 Å². The number of halogens is 2. The fourth-order valence-electron chi connectivity index (χ4n) is 4.54. The molecule has 0 N–H and O–H groups in total. The maximum atomic E-state index is 13.4. The Kier molecular flexibility index (Phi) is 4.61. The molecule has 2 aliphatic rings. The van der Waals surface area contributed by atoms with Crippen LogP contribution in [0.15, 0.2) is 12.1 Å². The van der Waals surface area contributed by atoms with E-state index in [2.05, 4.69) is 6.92 Å². The SMILES string of the molecule is CCCC1CCC(C2CCc3cc(F)c(F)cc3C2)CC1. The van der Waals surface area contributed by atoms with Crippen LogP contribution in [0.5, 0.6) is 0 Å². The predicted octanol–water partition coefficient (Wildman–Crippen LogP) is 5.68. The van der Waals surface area contributed by atoms with Crippen LogP contribution >= 0.6 is 0 Å². The Morgan fingerprint density at radius 1 is 0.905 bits per heavy atom. The van der Waals surface area contributed by atoms with Crippen molar-refractivity contribution in [1.29, 1.82) is 0 Å². The normalized spacial score (nSPS) is 29.2. The number of hydrogen-bond acceptors (Lipinski definition) is 0. The molecule has 1 unspecified atom stereocenters. The maximum absolute atomic E-state index is 13.4. The molecule has 3 rings (SSSR count). The van der Waals surface area contributed by atoms with E-state index in [0.29, 0.717) is 5.92 Å². The third-order valence-electron chi connectivity index (χ3n) is 5.76. The summed E-state index contributed by atoms with van der Waals surface area (Å²) in [5, 5.41) is 0. The minimum absolute atomic E-state index is 0.680. The topological polar surface area (TPSA) is 0 Å². The minimum Gasteiger partial charge on any atom is -0.204 e. The van der Waals surface area contributed by atoms with Gasteiger partial charge in [-0.15, -0.1) is 0 Å². The van der Waals surface area contributed by atoms with Crippen molar-refractivity contribution < 1.29 is 8.78 Å². The molecule has 116 valence electrons. The molecule has 0 nitrogen and oxygen atoms in total. The van der Waals surface area contributed by atoms with Crippen LogP contribution in [0.4, 0.5) is 8.78 Å². The Morgan fingerprint density at radius 2 is 1.57 bits per heavy atom. The molecule has 1 fully saturated rings. The molecule has 1 aromatic carbocycles. The summed E-state index contributed by atoms with van der Waals surface area (Å²) >= 11 is 0. The molecule has 0 heterocycles. The lowest BCUT2D eigenvalue weighted by atomic mass is 9.69. The van der Waals surface area contributed by atoms with Crippen LogP contribution in [0.25, 0.3) is 0 Å². The summed E-state index contributed by atoms with van der Waals surface area (Å²) in [4.78, 5) is 0. The highest BCUT2D eigenvalue weighted by atomic mass is 19.2. The van der Waals surface area contributed by atoms with Gasteiger partial charge in [0.25, 0.3) is 0 Å². The van der Waals surface area contributed by atoms with Crippen molar-refractivity contribution in [2.75, 3.05) is 0 Å². The Morgan fingerprint density at radius 3 is 2.24 bits per heavy atom. The summed E-state index contributed by atoms with van der Waals surface area (Å²) in [5.74, 6) is 1.06. The second-order valence-corrected chi connectivity index (χ2v) is 7.11. The summed E-state index contributed by atoms with van der Waals surface area (Å²) in [6.45, 7) is 2.28. The van der Waals surface area contributed by atoms with Crippen molar-refractivity contribution in [2.45, 2.75) is 64.7 Å². The predicted molar refractivity (Wildman–Crippen MR) is 82.2 cm³/mol. The van der Waals surface area contributed by atoms with Gasteiger partial charge < -0.3 is 0 Å². The van der Waals surface area contributed by atoms with E-state index in [-0.39, 0.29) is 0 Å². The van der Waals surface area contributed by atoms with Gasteiger partial charge in [-0.3, -0.25) is 0 Å². The quantitative estimate of drug-likeness (QED) is 0.672. The lowest BCUT2D eigenvalue weighted by Crippen LogP contribution is -2.26. The Labute approximate surface area is 126 Å². The molecule has 1 atom stereocenters. The first-order valence-corrected chi connectivity index (χ1v) is 8.64. The molecule has 0 radical (unpaired) electrons. The molecule has 21 heavy (non-hydrogen) atoms. The first kappa shape index (κ1) is 15.0. The zero-order valence-electron chi connectivity index (χ0n) is 13.0. The molecule has 0 bridgehead atoms. The molecule has 2 aliphatic carbocycles. The van der Waals surface area contributed by atoms with Crippen molar-refractivity contribution in [3.63, 3.8) is 0 Å². The second kappa shape index (κ2) is 6.46. The molecule has 0 spiro atoms. The van der Waals surface area contributed by atoms with Crippen molar-refractivity contribution in [3.8, 4) is 0 Å². The van der Waals surface area contributed by atoms with E-state index in [9.17, 15) is 8.78 Å². The number of aryl methyl sites for hydroxylation is 1. The van der Waals surface area contributed by atoms with Crippen LogP contribution in [0.1, 0.15) is 63.0 Å². The van der Waals surface area contributed by atoms with Crippen LogP contribution in [-0.4, -0.2) is 0 Å². The van der Waals surface area contributed by atoms with E-state index in [1.165, 1.54) is 50.7 Å². The van der Waals surface area contributed by atoms with Crippen LogP contribution in [-0.2, 0) is 12.8 Å². The van der Waals surface area contributed by atoms with E-state index < -0.39 is 11.6 Å². The number of rotatable bonds is 3. The van der Waals surface area contributed by atoms with Gasteiger partial charge in [0.05, 0.1) is 0 Å². The third-order valence-corrected chi connectivity index (χ3v) is 5.76. The van der Waals surface area contributed by atoms with Crippen LogP contribution in [0.2, 0.25) is 0 Å². The van der Waals surface area contributed by atoms with Crippen LogP contribution < -0.4 is 0 Å². The molecule has 0 amide bonds. The standard InChI is InChI=1S/C19H26F2/c1-2-3-13-4-6-14(7-5-13)15-8-9-16-11-18(20)19(21)12-17(16)10-15/h11-15H,2-10H2,1H3. The van der Waals surface area contributed by atoms with E-state index >= 15 is 0 Å². The van der Waals surface area contributed by atoms with Crippen molar-refractivity contribution in [2.24, 2.45) is 17.8 Å². The monoisotopic (exact) mass is 292 g/mol. The Balaban J connectivity index is 1.63. The summed E-state index contributed by atoms with van der Waals surface area (Å²) in [6.07, 6.45) is 11.1. The van der Waals surface area contributed by atoms with Gasteiger partial charge in [0, 0.05) is 0 Å². The fraction of sp³-hybridized carbons (Fsp3) is 0.684. The van der Waals surface area contributed by atoms with Crippen molar-refractivity contribution in [1.82, 2.24) is 0 Å². The fourth-order valence-corrected chi connectivity index (χ4v) is 4.54. The van der Waals surface area contributed by atoms with E-state index in [4.69, 9.17) is 0 Å². The average Bonchev–Trinajstić information content (AvgIpc) is 2.49. The summed E-state index contributed by atoms with van der Waals surface area (Å²) in [6, 6.07) is 2.86. The van der Waals surface area contributed by atoms with Crippen LogP contribution in [0.3, 0.4) is 0 Å². The number of benzene rings is 1. The van der Waals surface area contributed by atoms with Gasteiger partial charge in [-0.05, 0) is 73.1 Å². The van der Waals surface area contributed by atoms with E-state index in [1.807, 2.05) is 0 Å². The number of fused-ring (bicyclic) bond motifs is 1. The summed E-state index contributed by atoms with van der Waals surface area (Å²) in [5.41, 5.74) is 2.09. The van der Waals surface area contributed by atoms with Gasteiger partial charge >= 0.3 is 0 Å². The van der Waals surface area contributed by atoms with Crippen molar-refractivity contribution >= 4 is 0 Å². The third kappa shape index (κ3) is 3.30. The maximum Gasteiger partial charge on any atom is 0.159 e. The van der Waals surface area contributed by atoms with E-state index in [1.54, 1.807) is 0 Å². The zero-order chi connectivity index (χ0) is 14.8. The first-order chi connectivity index (χ1) is 10.2. The van der Waals surface area contributed by atoms with Crippen LogP contribution in [0, 0.1) is 29.4 Å². The second-order valence-electron chi connectivity index (χ2n) is 7.11. The molecular weight excluding hydrogens is 266 g/mol. The summed E-state index contributed by atoms with van der Waals surface area (Å²) < 4.78 is 26.7. The van der Waals surface area contributed by atoms with Gasteiger partial charge in [0.2, 0.25) is 0 Å². The minimum atomic E-state index is -0.688.